The van der Waals surface area contributed by atoms with Crippen molar-refractivity contribution in [1.82, 2.24) is 15.5 Å². The molecule has 1 saturated carbocycles. The lowest BCUT2D eigenvalue weighted by molar-refractivity contribution is -0.151. The number of hydrogen-bond donors (Lipinski definition) is 2. The zero-order valence-electron chi connectivity index (χ0n) is 17.5. The highest BCUT2D eigenvalue weighted by atomic mass is 16.5. The monoisotopic (exact) mass is 415 g/mol. The Morgan fingerprint density at radius 2 is 1.90 bits per heavy atom. The molecular formula is C22H29N3O5. The fourth-order valence-corrected chi connectivity index (χ4v) is 4.23. The first-order valence-corrected chi connectivity index (χ1v) is 10.5. The van der Waals surface area contributed by atoms with Crippen molar-refractivity contribution in [1.29, 1.82) is 0 Å². The van der Waals surface area contributed by atoms with Crippen molar-refractivity contribution in [3.63, 3.8) is 0 Å². The third-order valence-electron chi connectivity index (χ3n) is 6.08. The van der Waals surface area contributed by atoms with Crippen molar-refractivity contribution in [2.75, 3.05) is 13.2 Å². The summed E-state index contributed by atoms with van der Waals surface area (Å²) < 4.78 is 5.02. The molecule has 0 spiro atoms. The predicted molar refractivity (Wildman–Crippen MR) is 109 cm³/mol. The van der Waals surface area contributed by atoms with E-state index >= 15 is 0 Å². The fourth-order valence-electron chi connectivity index (χ4n) is 4.23. The Morgan fingerprint density at radius 1 is 1.20 bits per heavy atom. The molecule has 30 heavy (non-hydrogen) atoms. The Hall–Kier alpha value is -2.90. The van der Waals surface area contributed by atoms with Crippen LogP contribution in [0.15, 0.2) is 30.3 Å². The topological polar surface area (TPSA) is 105 Å². The van der Waals surface area contributed by atoms with Crippen LogP contribution >= 0.6 is 0 Å². The smallest absolute Gasteiger partial charge is 0.326 e. The van der Waals surface area contributed by atoms with Crippen LogP contribution in [0.2, 0.25) is 0 Å². The highest BCUT2D eigenvalue weighted by Gasteiger charge is 2.51. The third kappa shape index (κ3) is 4.47. The number of hydrogen-bond acceptors (Lipinski definition) is 5. The van der Waals surface area contributed by atoms with E-state index in [2.05, 4.69) is 17.6 Å². The summed E-state index contributed by atoms with van der Waals surface area (Å²) in [5, 5.41) is 5.62. The Labute approximate surface area is 176 Å². The van der Waals surface area contributed by atoms with E-state index in [-0.39, 0.29) is 11.9 Å². The van der Waals surface area contributed by atoms with Gasteiger partial charge in [0.25, 0.3) is 11.8 Å². The second-order valence-corrected chi connectivity index (χ2v) is 8.04. The van der Waals surface area contributed by atoms with Gasteiger partial charge in [0.05, 0.1) is 0 Å². The molecule has 3 rings (SSSR count). The number of nitrogens with one attached hydrogen (secondary N) is 2. The number of urea groups is 1. The average Bonchev–Trinajstić information content (AvgIpc) is 2.99. The summed E-state index contributed by atoms with van der Waals surface area (Å²) in [5.74, 6) is -1.28. The number of carbonyl (C=O) groups is 4. The molecule has 8 heteroatoms. The first-order valence-electron chi connectivity index (χ1n) is 10.5. The van der Waals surface area contributed by atoms with E-state index in [1.165, 1.54) is 0 Å². The zero-order valence-corrected chi connectivity index (χ0v) is 17.5. The molecule has 0 unspecified atom stereocenters. The second-order valence-electron chi connectivity index (χ2n) is 8.04. The Kier molecular flexibility index (Phi) is 6.74. The molecule has 3 atom stereocenters. The number of amides is 4. The maximum atomic E-state index is 13.0. The number of carbonyl (C=O) groups excluding carboxylic acids is 4. The number of imide groups is 1. The van der Waals surface area contributed by atoms with Crippen molar-refractivity contribution in [3.05, 3.63) is 35.9 Å². The number of benzene rings is 1. The molecule has 1 heterocycles. The van der Waals surface area contributed by atoms with Gasteiger partial charge in [-0.2, -0.15) is 0 Å². The van der Waals surface area contributed by atoms with Gasteiger partial charge in [0.1, 0.15) is 12.1 Å². The quantitative estimate of drug-likeness (QED) is 0.524. The molecule has 8 nitrogen and oxygen atoms in total. The minimum atomic E-state index is -1.20. The summed E-state index contributed by atoms with van der Waals surface area (Å²) in [6.45, 7) is 2.93. The van der Waals surface area contributed by atoms with E-state index in [9.17, 15) is 19.2 Å². The molecule has 2 N–H and O–H groups in total. The molecule has 1 saturated heterocycles. The lowest BCUT2D eigenvalue weighted by atomic mass is 9.86. The van der Waals surface area contributed by atoms with Crippen LogP contribution in [0.1, 0.15) is 51.5 Å². The van der Waals surface area contributed by atoms with Gasteiger partial charge >= 0.3 is 12.0 Å². The highest BCUT2D eigenvalue weighted by molar-refractivity contribution is 6.09. The summed E-state index contributed by atoms with van der Waals surface area (Å²) in [4.78, 5) is 50.6. The van der Waals surface area contributed by atoms with Crippen LogP contribution in [0.3, 0.4) is 0 Å². The summed E-state index contributed by atoms with van der Waals surface area (Å²) in [6.07, 6.45) is 4.56. The van der Waals surface area contributed by atoms with Crippen LogP contribution in [-0.2, 0) is 24.7 Å². The zero-order chi connectivity index (χ0) is 21.7. The van der Waals surface area contributed by atoms with Crippen LogP contribution in [0.5, 0.6) is 0 Å². The average molecular weight is 415 g/mol. The first kappa shape index (κ1) is 21.8. The number of rotatable bonds is 7. The maximum absolute atomic E-state index is 13.0. The minimum absolute atomic E-state index is 0.0898. The highest BCUT2D eigenvalue weighted by Crippen LogP contribution is 2.32. The molecule has 1 aromatic rings. The van der Waals surface area contributed by atoms with E-state index in [0.717, 1.165) is 30.6 Å². The Morgan fingerprint density at radius 3 is 2.57 bits per heavy atom. The van der Waals surface area contributed by atoms with E-state index < -0.39 is 36.6 Å². The van der Waals surface area contributed by atoms with Gasteiger partial charge in [0, 0.05) is 6.04 Å². The van der Waals surface area contributed by atoms with E-state index in [0.29, 0.717) is 17.9 Å². The van der Waals surface area contributed by atoms with Gasteiger partial charge in [-0.15, -0.1) is 0 Å². The molecule has 0 radical (unpaired) electrons. The minimum Gasteiger partial charge on any atom is -0.454 e. The molecule has 1 aromatic carbocycles. The SMILES string of the molecule is CC[C@]1(c2ccccc2)NC(=O)N(CC(=O)OCC(=O)N[C@H]2CCCC[C@H]2C)C1=O. The van der Waals surface area contributed by atoms with E-state index in [4.69, 9.17) is 4.74 Å². The molecule has 2 fully saturated rings. The van der Waals surface area contributed by atoms with Crippen LogP contribution in [0.25, 0.3) is 0 Å². The lowest BCUT2D eigenvalue weighted by Crippen LogP contribution is -2.44. The molecule has 4 amide bonds. The van der Waals surface area contributed by atoms with Crippen molar-refractivity contribution < 1.29 is 23.9 Å². The van der Waals surface area contributed by atoms with Gasteiger partial charge in [-0.25, -0.2) is 4.79 Å². The summed E-state index contributed by atoms with van der Waals surface area (Å²) in [5.41, 5.74) is -0.546. The van der Waals surface area contributed by atoms with Gasteiger partial charge in [-0.3, -0.25) is 19.3 Å². The van der Waals surface area contributed by atoms with Crippen molar-refractivity contribution >= 4 is 23.8 Å². The van der Waals surface area contributed by atoms with Crippen LogP contribution in [0, 0.1) is 5.92 Å². The number of nitrogens with zero attached hydrogens (tertiary/aromatic N) is 1. The van der Waals surface area contributed by atoms with Crippen LogP contribution < -0.4 is 10.6 Å². The van der Waals surface area contributed by atoms with E-state index in [1.54, 1.807) is 31.2 Å². The van der Waals surface area contributed by atoms with Gasteiger partial charge in [0.2, 0.25) is 0 Å². The molecule has 1 aliphatic carbocycles. The third-order valence-corrected chi connectivity index (χ3v) is 6.08. The molecule has 2 aliphatic rings. The van der Waals surface area contributed by atoms with Crippen LogP contribution in [0.4, 0.5) is 4.79 Å². The molecular weight excluding hydrogens is 386 g/mol. The van der Waals surface area contributed by atoms with Crippen molar-refractivity contribution in [2.24, 2.45) is 5.92 Å². The van der Waals surface area contributed by atoms with Gasteiger partial charge in [-0.1, -0.05) is 57.0 Å². The van der Waals surface area contributed by atoms with E-state index in [1.807, 2.05) is 6.07 Å². The molecule has 0 bridgehead atoms. The molecule has 162 valence electrons. The summed E-state index contributed by atoms with van der Waals surface area (Å²) in [6, 6.07) is 8.36. The van der Waals surface area contributed by atoms with Gasteiger partial charge in [0.15, 0.2) is 6.61 Å². The largest absolute Gasteiger partial charge is 0.454 e. The molecule has 1 aliphatic heterocycles. The van der Waals surface area contributed by atoms with Crippen LogP contribution in [-0.4, -0.2) is 47.9 Å². The van der Waals surface area contributed by atoms with Crippen molar-refractivity contribution in [3.8, 4) is 0 Å². The summed E-state index contributed by atoms with van der Waals surface area (Å²) in [7, 11) is 0. The fraction of sp³-hybridized carbons (Fsp3) is 0.545. The number of esters is 1. The number of ether oxygens (including phenoxy) is 1. The Bertz CT molecular complexity index is 812. The normalized spacial score (nSPS) is 26.3. The van der Waals surface area contributed by atoms with Gasteiger partial charge in [-0.05, 0) is 30.7 Å². The standard InChI is InChI=1S/C22H29N3O5/c1-3-22(16-10-5-4-6-11-16)20(28)25(21(29)24-22)13-19(27)30-14-18(26)23-17-12-8-7-9-15(17)2/h4-6,10-11,15,17H,3,7-9,12-14H2,1-2H3,(H,23,26)(H,24,29)/t15-,17+,22-/m1/s1. The maximum Gasteiger partial charge on any atom is 0.326 e. The lowest BCUT2D eigenvalue weighted by Gasteiger charge is -2.29. The van der Waals surface area contributed by atoms with Crippen molar-refractivity contribution in [2.45, 2.75) is 57.5 Å². The molecule has 0 aromatic heterocycles. The predicted octanol–water partition coefficient (Wildman–Crippen LogP) is 2.08. The first-order chi connectivity index (χ1) is 14.4. The van der Waals surface area contributed by atoms with Gasteiger partial charge < -0.3 is 15.4 Å². The summed E-state index contributed by atoms with van der Waals surface area (Å²) >= 11 is 0. The second kappa shape index (κ2) is 9.28. The Balaban J connectivity index is 1.55.